The summed E-state index contributed by atoms with van der Waals surface area (Å²) in [5.74, 6) is -1.91. The summed E-state index contributed by atoms with van der Waals surface area (Å²) in [7, 11) is 0. The lowest BCUT2D eigenvalue weighted by molar-refractivity contribution is -0.148. The van der Waals surface area contributed by atoms with E-state index in [0.29, 0.717) is 19.3 Å². The Labute approximate surface area is 206 Å². The Kier molecular flexibility index (Phi) is 7.43. The highest BCUT2D eigenvalue weighted by molar-refractivity contribution is 5.87. The number of hydrogen-bond donors (Lipinski definition) is 2. The molecule has 2 N–H and O–H groups in total. The van der Waals surface area contributed by atoms with Gasteiger partial charge in [-0.15, -0.1) is 0 Å². The van der Waals surface area contributed by atoms with Gasteiger partial charge in [0.25, 0.3) is 0 Å². The number of alkyl carbamates (subject to hydrolysis) is 1. The molecule has 0 saturated carbocycles. The topological polar surface area (TPSA) is 95.9 Å². The van der Waals surface area contributed by atoms with Crippen molar-refractivity contribution in [3.8, 4) is 11.1 Å². The fourth-order valence-electron chi connectivity index (χ4n) is 5.24. The second kappa shape index (κ2) is 10.5. The zero-order valence-electron chi connectivity index (χ0n) is 20.6. The van der Waals surface area contributed by atoms with Crippen LogP contribution in [-0.2, 0) is 14.3 Å². The molecule has 2 unspecified atom stereocenters. The van der Waals surface area contributed by atoms with Crippen LogP contribution in [0.2, 0.25) is 0 Å². The number of likely N-dealkylation sites (tertiary alicyclic amines) is 1. The number of rotatable bonds is 7. The van der Waals surface area contributed by atoms with Crippen molar-refractivity contribution in [3.05, 3.63) is 59.7 Å². The molecule has 1 fully saturated rings. The summed E-state index contributed by atoms with van der Waals surface area (Å²) in [6.45, 7) is 6.13. The Morgan fingerprint density at radius 1 is 1.06 bits per heavy atom. The summed E-state index contributed by atoms with van der Waals surface area (Å²) in [5, 5.41) is 12.3. The van der Waals surface area contributed by atoms with Gasteiger partial charge in [-0.1, -0.05) is 68.8 Å². The SMILES string of the molecule is CC[C@H](C)[C@H](NC(=O)OCC1c2ccccc2-c2ccccc21)C(=O)N1CC(C(=O)O)CCC1C. The van der Waals surface area contributed by atoms with Crippen molar-refractivity contribution >= 4 is 18.0 Å². The highest BCUT2D eigenvalue weighted by atomic mass is 16.5. The van der Waals surface area contributed by atoms with E-state index in [9.17, 15) is 19.5 Å². The largest absolute Gasteiger partial charge is 0.481 e. The van der Waals surface area contributed by atoms with Crippen LogP contribution in [0.4, 0.5) is 4.79 Å². The zero-order chi connectivity index (χ0) is 25.1. The van der Waals surface area contributed by atoms with Crippen LogP contribution in [0.25, 0.3) is 11.1 Å². The molecule has 0 radical (unpaired) electrons. The molecule has 2 aromatic carbocycles. The Balaban J connectivity index is 1.45. The van der Waals surface area contributed by atoms with Crippen molar-refractivity contribution < 1.29 is 24.2 Å². The molecule has 186 valence electrons. The quantitative estimate of drug-likeness (QED) is 0.604. The van der Waals surface area contributed by atoms with E-state index in [1.54, 1.807) is 4.90 Å². The van der Waals surface area contributed by atoms with Crippen LogP contribution in [0, 0.1) is 11.8 Å². The van der Waals surface area contributed by atoms with E-state index in [-0.39, 0.29) is 36.9 Å². The number of nitrogens with one attached hydrogen (secondary N) is 1. The van der Waals surface area contributed by atoms with Gasteiger partial charge in [0, 0.05) is 18.5 Å². The lowest BCUT2D eigenvalue weighted by Crippen LogP contribution is -2.57. The Morgan fingerprint density at radius 3 is 2.23 bits per heavy atom. The first kappa shape index (κ1) is 24.8. The predicted molar refractivity (Wildman–Crippen MR) is 133 cm³/mol. The number of benzene rings is 2. The van der Waals surface area contributed by atoms with Crippen LogP contribution in [0.1, 0.15) is 57.1 Å². The van der Waals surface area contributed by atoms with Crippen molar-refractivity contribution in [2.24, 2.45) is 11.8 Å². The number of hydrogen-bond acceptors (Lipinski definition) is 4. The number of aliphatic carboxylic acids is 1. The van der Waals surface area contributed by atoms with Crippen molar-refractivity contribution in [1.82, 2.24) is 10.2 Å². The molecule has 1 saturated heterocycles. The van der Waals surface area contributed by atoms with E-state index < -0.39 is 24.0 Å². The molecule has 2 amide bonds. The Bertz CT molecular complexity index is 1050. The van der Waals surface area contributed by atoms with Gasteiger partial charge in [0.15, 0.2) is 0 Å². The molecular weight excluding hydrogens is 444 g/mol. The standard InChI is InChI=1S/C28H34N2O5/c1-4-17(2)25(26(31)30-15-19(27(32)33)14-13-18(30)3)29-28(34)35-16-24-22-11-7-5-9-20(22)21-10-6-8-12-23(21)24/h5-12,17-19,24-25H,4,13-16H2,1-3H3,(H,29,34)(H,32,33)/t17-,18?,19?,25-/m0/s1. The van der Waals surface area contributed by atoms with Gasteiger partial charge in [0.1, 0.15) is 12.6 Å². The molecule has 4 rings (SSSR count). The van der Waals surface area contributed by atoms with Gasteiger partial charge >= 0.3 is 12.1 Å². The highest BCUT2D eigenvalue weighted by Gasteiger charge is 2.38. The van der Waals surface area contributed by atoms with E-state index >= 15 is 0 Å². The molecule has 7 nitrogen and oxygen atoms in total. The van der Waals surface area contributed by atoms with E-state index in [4.69, 9.17) is 4.74 Å². The Hall–Kier alpha value is -3.35. The fraction of sp³-hybridized carbons (Fsp3) is 0.464. The zero-order valence-corrected chi connectivity index (χ0v) is 20.6. The fourth-order valence-corrected chi connectivity index (χ4v) is 5.24. The van der Waals surface area contributed by atoms with Gasteiger partial charge < -0.3 is 20.1 Å². The minimum Gasteiger partial charge on any atom is -0.481 e. The van der Waals surface area contributed by atoms with Crippen LogP contribution in [0.3, 0.4) is 0 Å². The highest BCUT2D eigenvalue weighted by Crippen LogP contribution is 2.44. The molecule has 0 aromatic heterocycles. The first-order valence-corrected chi connectivity index (χ1v) is 12.5. The number of carboxylic acids is 1. The Morgan fingerprint density at radius 2 is 1.66 bits per heavy atom. The number of fused-ring (bicyclic) bond motifs is 3. The van der Waals surface area contributed by atoms with Crippen molar-refractivity contribution in [2.75, 3.05) is 13.2 Å². The maximum Gasteiger partial charge on any atom is 0.407 e. The van der Waals surface area contributed by atoms with E-state index in [2.05, 4.69) is 29.6 Å². The summed E-state index contributed by atoms with van der Waals surface area (Å²) in [6, 6.07) is 15.4. The third-order valence-corrected chi connectivity index (χ3v) is 7.61. The summed E-state index contributed by atoms with van der Waals surface area (Å²) < 4.78 is 5.67. The van der Waals surface area contributed by atoms with Gasteiger partial charge in [-0.3, -0.25) is 9.59 Å². The molecule has 2 aromatic rings. The molecule has 0 bridgehead atoms. The molecule has 35 heavy (non-hydrogen) atoms. The van der Waals surface area contributed by atoms with Crippen molar-refractivity contribution in [1.29, 1.82) is 0 Å². The van der Waals surface area contributed by atoms with Crippen LogP contribution < -0.4 is 5.32 Å². The minimum absolute atomic E-state index is 0.0654. The number of nitrogens with zero attached hydrogens (tertiary/aromatic N) is 1. The van der Waals surface area contributed by atoms with Crippen LogP contribution >= 0.6 is 0 Å². The molecule has 1 aliphatic carbocycles. The third-order valence-electron chi connectivity index (χ3n) is 7.61. The molecule has 0 spiro atoms. The second-order valence-electron chi connectivity index (χ2n) is 9.79. The average Bonchev–Trinajstić information content (AvgIpc) is 3.19. The molecular formula is C28H34N2O5. The van der Waals surface area contributed by atoms with E-state index in [1.165, 1.54) is 0 Å². The van der Waals surface area contributed by atoms with E-state index in [0.717, 1.165) is 22.3 Å². The maximum atomic E-state index is 13.5. The van der Waals surface area contributed by atoms with Crippen molar-refractivity contribution in [3.63, 3.8) is 0 Å². The summed E-state index contributed by atoms with van der Waals surface area (Å²) in [5.41, 5.74) is 4.55. The molecule has 7 heteroatoms. The van der Waals surface area contributed by atoms with Crippen LogP contribution in [-0.4, -0.2) is 53.2 Å². The molecule has 4 atom stereocenters. The monoisotopic (exact) mass is 478 g/mol. The summed E-state index contributed by atoms with van der Waals surface area (Å²) in [6.07, 6.45) is 1.23. The summed E-state index contributed by atoms with van der Waals surface area (Å²) in [4.78, 5) is 39.5. The number of amides is 2. The number of carbonyl (C=O) groups excluding carboxylic acids is 2. The second-order valence-corrected chi connectivity index (χ2v) is 9.79. The predicted octanol–water partition coefficient (Wildman–Crippen LogP) is 4.65. The van der Waals surface area contributed by atoms with Gasteiger partial charge in [-0.05, 0) is 47.9 Å². The van der Waals surface area contributed by atoms with E-state index in [1.807, 2.05) is 45.0 Å². The number of ether oxygens (including phenoxy) is 1. The maximum absolute atomic E-state index is 13.5. The first-order valence-electron chi connectivity index (χ1n) is 12.5. The van der Waals surface area contributed by atoms with Gasteiger partial charge in [0.2, 0.25) is 5.91 Å². The number of carboxylic acid groups (broad SMARTS) is 1. The molecule has 2 aliphatic rings. The van der Waals surface area contributed by atoms with Gasteiger partial charge in [-0.2, -0.15) is 0 Å². The smallest absolute Gasteiger partial charge is 0.407 e. The van der Waals surface area contributed by atoms with Gasteiger partial charge in [0.05, 0.1) is 5.92 Å². The number of piperidine rings is 1. The average molecular weight is 479 g/mol. The lowest BCUT2D eigenvalue weighted by atomic mass is 9.91. The third kappa shape index (κ3) is 5.04. The lowest BCUT2D eigenvalue weighted by Gasteiger charge is -2.39. The first-order chi connectivity index (χ1) is 16.8. The molecule has 1 aliphatic heterocycles. The normalized spacial score (nSPS) is 20.9. The number of carbonyl (C=O) groups is 3. The molecule has 1 heterocycles. The van der Waals surface area contributed by atoms with Gasteiger partial charge in [-0.25, -0.2) is 4.79 Å². The van der Waals surface area contributed by atoms with Crippen LogP contribution in [0.15, 0.2) is 48.5 Å². The minimum atomic E-state index is -0.890. The van der Waals surface area contributed by atoms with Crippen LogP contribution in [0.5, 0.6) is 0 Å². The summed E-state index contributed by atoms with van der Waals surface area (Å²) >= 11 is 0. The van der Waals surface area contributed by atoms with Crippen molar-refractivity contribution in [2.45, 2.75) is 58.0 Å².